The van der Waals surface area contributed by atoms with Crippen molar-refractivity contribution in [1.29, 1.82) is 0 Å². The number of amides is 2. The Morgan fingerprint density at radius 2 is 1.62 bits per heavy atom. The second-order valence-corrected chi connectivity index (χ2v) is 5.57. The van der Waals surface area contributed by atoms with E-state index in [1.807, 2.05) is 0 Å². The highest BCUT2D eigenvalue weighted by atomic mass is 16.2. The molecule has 3 aliphatic rings. The van der Waals surface area contributed by atoms with Gasteiger partial charge in [0.15, 0.2) is 0 Å². The van der Waals surface area contributed by atoms with Crippen molar-refractivity contribution < 1.29 is 4.79 Å². The summed E-state index contributed by atoms with van der Waals surface area (Å²) in [5.41, 5.74) is 0. The van der Waals surface area contributed by atoms with Crippen molar-refractivity contribution in [2.75, 3.05) is 19.6 Å². The topological polar surface area (TPSA) is 23.6 Å². The highest BCUT2D eigenvalue weighted by Gasteiger charge is 2.39. The van der Waals surface area contributed by atoms with Crippen LogP contribution in [0, 0.1) is 5.92 Å². The van der Waals surface area contributed by atoms with Crippen LogP contribution in [0.2, 0.25) is 0 Å². The second kappa shape index (κ2) is 4.27. The molecule has 0 aromatic carbocycles. The van der Waals surface area contributed by atoms with Crippen LogP contribution in [0.4, 0.5) is 4.79 Å². The number of rotatable bonds is 0. The summed E-state index contributed by atoms with van der Waals surface area (Å²) in [6.07, 6.45) is 8.97. The molecule has 3 nitrogen and oxygen atoms in total. The Bertz CT molecular complexity index is 273. The zero-order valence-electron chi connectivity index (χ0n) is 10.0. The number of urea groups is 1. The summed E-state index contributed by atoms with van der Waals surface area (Å²) in [6.45, 7) is 3.00. The second-order valence-electron chi connectivity index (χ2n) is 5.57. The van der Waals surface area contributed by atoms with E-state index < -0.39 is 0 Å². The number of carbonyl (C=O) groups is 1. The van der Waals surface area contributed by atoms with Gasteiger partial charge in [-0.05, 0) is 38.0 Å². The normalized spacial score (nSPS) is 34.2. The van der Waals surface area contributed by atoms with Gasteiger partial charge in [-0.2, -0.15) is 0 Å². The molecule has 2 saturated heterocycles. The van der Waals surface area contributed by atoms with E-state index in [0.717, 1.165) is 25.6 Å². The average Bonchev–Trinajstić information content (AvgIpc) is 2.98. The van der Waals surface area contributed by atoms with Crippen LogP contribution < -0.4 is 0 Å². The highest BCUT2D eigenvalue weighted by Crippen LogP contribution is 2.36. The molecule has 2 amide bonds. The third-order valence-electron chi connectivity index (χ3n) is 4.63. The lowest BCUT2D eigenvalue weighted by atomic mass is 9.85. The van der Waals surface area contributed by atoms with Gasteiger partial charge in [0.05, 0.1) is 0 Å². The number of carbonyl (C=O) groups excluding carboxylic acids is 1. The van der Waals surface area contributed by atoms with Gasteiger partial charge in [0, 0.05) is 25.7 Å². The van der Waals surface area contributed by atoms with Crippen molar-refractivity contribution in [1.82, 2.24) is 9.80 Å². The van der Waals surface area contributed by atoms with Gasteiger partial charge >= 0.3 is 6.03 Å². The van der Waals surface area contributed by atoms with Crippen molar-refractivity contribution in [3.8, 4) is 0 Å². The summed E-state index contributed by atoms with van der Waals surface area (Å²) in [6, 6.07) is 0.925. The van der Waals surface area contributed by atoms with Crippen LogP contribution in [0.15, 0.2) is 0 Å². The van der Waals surface area contributed by atoms with Crippen molar-refractivity contribution in [3.05, 3.63) is 0 Å². The van der Waals surface area contributed by atoms with Gasteiger partial charge in [-0.3, -0.25) is 0 Å². The predicted molar refractivity (Wildman–Crippen MR) is 63.3 cm³/mol. The van der Waals surface area contributed by atoms with Crippen molar-refractivity contribution in [2.24, 2.45) is 5.92 Å². The Labute approximate surface area is 97.8 Å². The first-order valence-corrected chi connectivity index (χ1v) is 6.92. The van der Waals surface area contributed by atoms with E-state index >= 15 is 0 Å². The van der Waals surface area contributed by atoms with E-state index in [0.29, 0.717) is 12.1 Å². The zero-order chi connectivity index (χ0) is 11.0. The molecule has 1 aliphatic carbocycles. The maximum atomic E-state index is 12.4. The summed E-state index contributed by atoms with van der Waals surface area (Å²) in [5.74, 6) is 0.820. The molecule has 0 spiro atoms. The quantitative estimate of drug-likeness (QED) is 0.617. The molecule has 0 radical (unpaired) electrons. The summed E-state index contributed by atoms with van der Waals surface area (Å²) >= 11 is 0. The van der Waals surface area contributed by atoms with Crippen LogP contribution in [0.3, 0.4) is 0 Å². The molecule has 0 aromatic heterocycles. The van der Waals surface area contributed by atoms with E-state index in [4.69, 9.17) is 0 Å². The van der Waals surface area contributed by atoms with E-state index in [1.165, 1.54) is 44.9 Å². The molecule has 0 aromatic rings. The van der Waals surface area contributed by atoms with Gasteiger partial charge in [-0.15, -0.1) is 0 Å². The van der Waals surface area contributed by atoms with Crippen LogP contribution in [0.25, 0.3) is 0 Å². The first kappa shape index (κ1) is 10.4. The minimum absolute atomic E-state index is 0.340. The number of hydrogen-bond acceptors (Lipinski definition) is 1. The molecule has 2 heterocycles. The first-order valence-electron chi connectivity index (χ1n) is 6.92. The molecule has 3 fully saturated rings. The van der Waals surface area contributed by atoms with Crippen LogP contribution in [0.5, 0.6) is 0 Å². The zero-order valence-corrected chi connectivity index (χ0v) is 10.0. The monoisotopic (exact) mass is 222 g/mol. The molecule has 2 atom stereocenters. The van der Waals surface area contributed by atoms with Crippen LogP contribution in [-0.2, 0) is 0 Å². The largest absolute Gasteiger partial charge is 0.325 e. The Morgan fingerprint density at radius 3 is 2.44 bits per heavy atom. The SMILES string of the molecule is O=C(N1CCCC1)N1CCC2CCCCC21. The Morgan fingerprint density at radius 1 is 0.875 bits per heavy atom. The summed E-state index contributed by atoms with van der Waals surface area (Å²) in [7, 11) is 0. The standard InChI is InChI=1S/C13H22N2O/c16-13(14-8-3-4-9-14)15-10-7-11-5-1-2-6-12(11)15/h11-12H,1-10H2. The third kappa shape index (κ3) is 1.70. The lowest BCUT2D eigenvalue weighted by Gasteiger charge is -2.34. The Kier molecular flexibility index (Phi) is 2.78. The predicted octanol–water partition coefficient (Wildman–Crippen LogP) is 2.47. The van der Waals surface area contributed by atoms with Gasteiger partial charge < -0.3 is 9.80 Å². The summed E-state index contributed by atoms with van der Waals surface area (Å²) in [4.78, 5) is 16.6. The number of hydrogen-bond donors (Lipinski definition) is 0. The molecular weight excluding hydrogens is 200 g/mol. The Balaban J connectivity index is 1.67. The van der Waals surface area contributed by atoms with Gasteiger partial charge in [-0.25, -0.2) is 4.79 Å². The molecule has 2 aliphatic heterocycles. The van der Waals surface area contributed by atoms with Crippen LogP contribution in [-0.4, -0.2) is 41.5 Å². The molecule has 16 heavy (non-hydrogen) atoms. The van der Waals surface area contributed by atoms with Crippen molar-refractivity contribution in [3.63, 3.8) is 0 Å². The molecule has 3 heteroatoms. The number of likely N-dealkylation sites (tertiary alicyclic amines) is 2. The van der Waals surface area contributed by atoms with Crippen LogP contribution in [0.1, 0.15) is 44.9 Å². The number of nitrogens with zero attached hydrogens (tertiary/aromatic N) is 2. The minimum Gasteiger partial charge on any atom is -0.325 e. The lowest BCUT2D eigenvalue weighted by Crippen LogP contribution is -2.46. The fourth-order valence-corrected chi connectivity index (χ4v) is 3.73. The molecular formula is C13H22N2O. The fourth-order valence-electron chi connectivity index (χ4n) is 3.73. The van der Waals surface area contributed by atoms with Gasteiger partial charge in [-0.1, -0.05) is 12.8 Å². The minimum atomic E-state index is 0.340. The van der Waals surface area contributed by atoms with Gasteiger partial charge in [0.2, 0.25) is 0 Å². The summed E-state index contributed by atoms with van der Waals surface area (Å²) < 4.78 is 0. The Hall–Kier alpha value is -0.730. The van der Waals surface area contributed by atoms with Crippen molar-refractivity contribution >= 4 is 6.03 Å². The van der Waals surface area contributed by atoms with E-state index in [9.17, 15) is 4.79 Å². The van der Waals surface area contributed by atoms with Crippen molar-refractivity contribution in [2.45, 2.75) is 51.0 Å². The maximum Gasteiger partial charge on any atom is 0.320 e. The third-order valence-corrected chi connectivity index (χ3v) is 4.63. The van der Waals surface area contributed by atoms with E-state index in [2.05, 4.69) is 9.80 Å². The van der Waals surface area contributed by atoms with Gasteiger partial charge in [0.25, 0.3) is 0 Å². The maximum absolute atomic E-state index is 12.4. The molecule has 2 unspecified atom stereocenters. The molecule has 1 saturated carbocycles. The van der Waals surface area contributed by atoms with E-state index in [-0.39, 0.29) is 0 Å². The van der Waals surface area contributed by atoms with Crippen LogP contribution >= 0.6 is 0 Å². The molecule has 90 valence electrons. The first-order chi connectivity index (χ1) is 7.86. The molecule has 0 bridgehead atoms. The molecule has 3 rings (SSSR count). The fraction of sp³-hybridized carbons (Fsp3) is 0.923. The van der Waals surface area contributed by atoms with Gasteiger partial charge in [0.1, 0.15) is 0 Å². The van der Waals surface area contributed by atoms with E-state index in [1.54, 1.807) is 0 Å². The average molecular weight is 222 g/mol. The lowest BCUT2D eigenvalue weighted by molar-refractivity contribution is 0.140. The summed E-state index contributed by atoms with van der Waals surface area (Å²) in [5, 5.41) is 0. The highest BCUT2D eigenvalue weighted by molar-refractivity contribution is 5.75. The molecule has 0 N–H and O–H groups in total. The number of fused-ring (bicyclic) bond motifs is 1. The smallest absolute Gasteiger partial charge is 0.320 e.